The molecule has 18 heavy (non-hydrogen) atoms. The standard InChI is InChI=1S/C13H20IO3P/c1-13(2,3)18(15,9-14)12-10(16-4)7-6-8-11(12)17-5/h6-8H,9H2,1-5H3. The first kappa shape index (κ1) is 15.8. The zero-order chi connectivity index (χ0) is 14.0. The fourth-order valence-corrected chi connectivity index (χ4v) is 8.05. The van der Waals surface area contributed by atoms with Crippen LogP contribution in [0.2, 0.25) is 0 Å². The van der Waals surface area contributed by atoms with E-state index < -0.39 is 7.14 Å². The molecular formula is C13H20IO3P. The van der Waals surface area contributed by atoms with Crippen LogP contribution in [0.1, 0.15) is 20.8 Å². The van der Waals surface area contributed by atoms with Crippen LogP contribution in [0.15, 0.2) is 18.2 Å². The molecule has 0 saturated heterocycles. The molecule has 0 aliphatic rings. The topological polar surface area (TPSA) is 35.5 Å². The van der Waals surface area contributed by atoms with Gasteiger partial charge in [0.2, 0.25) is 0 Å². The van der Waals surface area contributed by atoms with Crippen molar-refractivity contribution in [3.8, 4) is 11.5 Å². The van der Waals surface area contributed by atoms with E-state index in [0.717, 1.165) is 5.30 Å². The lowest BCUT2D eigenvalue weighted by Gasteiger charge is -2.32. The minimum Gasteiger partial charge on any atom is -0.496 e. The average molecular weight is 382 g/mol. The number of hydrogen-bond donors (Lipinski definition) is 0. The fraction of sp³-hybridized carbons (Fsp3) is 0.538. The Bertz CT molecular complexity index is 444. The molecule has 0 aliphatic heterocycles. The molecular weight excluding hydrogens is 362 g/mol. The van der Waals surface area contributed by atoms with Crippen molar-refractivity contribution in [1.29, 1.82) is 0 Å². The van der Waals surface area contributed by atoms with Crippen LogP contribution in [0.3, 0.4) is 0 Å². The molecule has 0 heterocycles. The van der Waals surface area contributed by atoms with E-state index in [1.165, 1.54) is 0 Å². The summed E-state index contributed by atoms with van der Waals surface area (Å²) in [5.41, 5.74) is 0. The molecule has 0 bridgehead atoms. The van der Waals surface area contributed by atoms with Crippen LogP contribution in [0.4, 0.5) is 0 Å². The molecule has 5 heteroatoms. The summed E-state index contributed by atoms with van der Waals surface area (Å²) in [7, 11) is 0.583. The molecule has 0 spiro atoms. The van der Waals surface area contributed by atoms with Crippen LogP contribution in [0.5, 0.6) is 11.5 Å². The second-order valence-corrected chi connectivity index (χ2v) is 10.6. The van der Waals surface area contributed by atoms with E-state index in [4.69, 9.17) is 9.47 Å². The van der Waals surface area contributed by atoms with Gasteiger partial charge < -0.3 is 14.0 Å². The van der Waals surface area contributed by atoms with Crippen LogP contribution in [-0.2, 0) is 4.57 Å². The maximum absolute atomic E-state index is 13.4. The van der Waals surface area contributed by atoms with E-state index >= 15 is 0 Å². The summed E-state index contributed by atoms with van der Waals surface area (Å²) in [6.45, 7) is 5.99. The third-order valence-electron chi connectivity index (χ3n) is 3.01. The van der Waals surface area contributed by atoms with Gasteiger partial charge in [0, 0.05) is 5.16 Å². The fourth-order valence-electron chi connectivity index (χ4n) is 1.76. The number of methoxy groups -OCH3 is 2. The Kier molecular flexibility index (Phi) is 5.13. The molecule has 3 nitrogen and oxygen atoms in total. The molecule has 1 aromatic carbocycles. The number of ether oxygens (including phenoxy) is 2. The lowest BCUT2D eigenvalue weighted by atomic mass is 10.2. The molecule has 0 radical (unpaired) electrons. The van der Waals surface area contributed by atoms with Gasteiger partial charge in [0.05, 0.1) is 23.7 Å². The highest BCUT2D eigenvalue weighted by molar-refractivity contribution is 14.1. The Morgan fingerprint density at radius 3 is 1.89 bits per heavy atom. The van der Waals surface area contributed by atoms with Crippen molar-refractivity contribution in [3.05, 3.63) is 18.2 Å². The van der Waals surface area contributed by atoms with Gasteiger partial charge >= 0.3 is 0 Å². The Labute approximate surface area is 123 Å². The van der Waals surface area contributed by atoms with Crippen LogP contribution in [0, 0.1) is 0 Å². The minimum absolute atomic E-state index is 0.323. The molecule has 0 N–H and O–H groups in total. The van der Waals surface area contributed by atoms with Crippen LogP contribution in [-0.4, -0.2) is 23.5 Å². The normalized spacial score (nSPS) is 15.0. The summed E-state index contributed by atoms with van der Waals surface area (Å²) < 4.78 is 24.7. The maximum atomic E-state index is 13.4. The summed E-state index contributed by atoms with van der Waals surface area (Å²) >= 11 is 2.19. The Hall–Kier alpha value is -0.220. The number of hydrogen-bond acceptors (Lipinski definition) is 3. The van der Waals surface area contributed by atoms with Crippen molar-refractivity contribution in [2.24, 2.45) is 0 Å². The SMILES string of the molecule is COc1cccc(OC)c1P(=O)(CI)C(C)(C)C. The zero-order valence-electron chi connectivity index (χ0n) is 11.5. The molecule has 0 fully saturated rings. The summed E-state index contributed by atoms with van der Waals surface area (Å²) in [4.78, 5) is 0. The average Bonchev–Trinajstić information content (AvgIpc) is 2.35. The molecule has 0 aromatic heterocycles. The van der Waals surface area contributed by atoms with Gasteiger partial charge in [0.25, 0.3) is 0 Å². The monoisotopic (exact) mass is 382 g/mol. The molecule has 0 aliphatic carbocycles. The third kappa shape index (κ3) is 2.69. The molecule has 1 aromatic rings. The van der Waals surface area contributed by atoms with Crippen LogP contribution < -0.4 is 14.8 Å². The molecule has 0 saturated carbocycles. The van der Waals surface area contributed by atoms with Crippen molar-refractivity contribution >= 4 is 35.0 Å². The van der Waals surface area contributed by atoms with Crippen molar-refractivity contribution in [1.82, 2.24) is 0 Å². The van der Waals surface area contributed by atoms with Crippen molar-refractivity contribution in [2.75, 3.05) is 18.4 Å². The summed E-state index contributed by atoms with van der Waals surface area (Å²) in [5, 5.41) is 0.396. The number of rotatable bonds is 4. The first-order valence-electron chi connectivity index (χ1n) is 5.68. The second kappa shape index (κ2) is 5.83. The number of alkyl halides is 1. The first-order chi connectivity index (χ1) is 8.31. The molecule has 102 valence electrons. The summed E-state index contributed by atoms with van der Waals surface area (Å²) in [6.07, 6.45) is 0. The third-order valence-corrected chi connectivity index (χ3v) is 9.56. The predicted octanol–water partition coefficient (Wildman–Crippen LogP) is 3.88. The molecule has 1 unspecified atom stereocenters. The van der Waals surface area contributed by atoms with Crippen molar-refractivity contribution in [2.45, 2.75) is 25.9 Å². The number of halogens is 1. The minimum atomic E-state index is -2.61. The van der Waals surface area contributed by atoms with Gasteiger partial charge in [-0.25, -0.2) is 0 Å². The summed E-state index contributed by atoms with van der Waals surface area (Å²) in [6, 6.07) is 5.52. The van der Waals surface area contributed by atoms with Crippen molar-refractivity contribution < 1.29 is 14.0 Å². The van der Waals surface area contributed by atoms with E-state index in [0.29, 0.717) is 15.7 Å². The highest BCUT2D eigenvalue weighted by Gasteiger charge is 2.41. The van der Waals surface area contributed by atoms with Gasteiger partial charge in [-0.3, -0.25) is 0 Å². The molecule has 1 atom stereocenters. The van der Waals surface area contributed by atoms with Gasteiger partial charge in [0.1, 0.15) is 18.6 Å². The van der Waals surface area contributed by atoms with Gasteiger partial charge in [-0.2, -0.15) is 0 Å². The van der Waals surface area contributed by atoms with Gasteiger partial charge in [-0.15, -0.1) is 0 Å². The van der Waals surface area contributed by atoms with E-state index in [9.17, 15) is 4.57 Å². The van der Waals surface area contributed by atoms with Gasteiger partial charge in [0.15, 0.2) is 0 Å². The van der Waals surface area contributed by atoms with E-state index in [1.807, 2.05) is 39.0 Å². The Morgan fingerprint density at radius 1 is 1.17 bits per heavy atom. The summed E-state index contributed by atoms with van der Waals surface area (Å²) in [5.74, 6) is 1.29. The van der Waals surface area contributed by atoms with Crippen LogP contribution >= 0.6 is 29.7 Å². The zero-order valence-corrected chi connectivity index (χ0v) is 14.5. The van der Waals surface area contributed by atoms with Crippen molar-refractivity contribution in [3.63, 3.8) is 0 Å². The predicted molar refractivity (Wildman–Crippen MR) is 85.4 cm³/mol. The largest absolute Gasteiger partial charge is 0.496 e. The number of benzene rings is 1. The van der Waals surface area contributed by atoms with Gasteiger partial charge in [-0.05, 0) is 12.1 Å². The maximum Gasteiger partial charge on any atom is 0.137 e. The van der Waals surface area contributed by atoms with E-state index in [-0.39, 0.29) is 5.16 Å². The lowest BCUT2D eigenvalue weighted by Crippen LogP contribution is -2.26. The van der Waals surface area contributed by atoms with Gasteiger partial charge in [-0.1, -0.05) is 49.4 Å². The van der Waals surface area contributed by atoms with E-state index in [2.05, 4.69) is 22.6 Å². The first-order valence-corrected chi connectivity index (χ1v) is 9.10. The van der Waals surface area contributed by atoms with Crippen LogP contribution in [0.25, 0.3) is 0 Å². The highest BCUT2D eigenvalue weighted by Crippen LogP contribution is 2.60. The smallest absolute Gasteiger partial charge is 0.137 e. The quantitative estimate of drug-likeness (QED) is 0.451. The molecule has 1 rings (SSSR count). The molecule has 0 amide bonds. The lowest BCUT2D eigenvalue weighted by molar-refractivity contribution is 0.399. The van der Waals surface area contributed by atoms with E-state index in [1.54, 1.807) is 14.2 Å². The Balaban J connectivity index is 3.61. The Morgan fingerprint density at radius 2 is 1.61 bits per heavy atom. The highest BCUT2D eigenvalue weighted by atomic mass is 127. The second-order valence-electron chi connectivity index (χ2n) is 5.04.